The van der Waals surface area contributed by atoms with Crippen LogP contribution in [-0.4, -0.2) is 62.4 Å². The molecule has 1 unspecified atom stereocenters. The molecule has 0 bridgehead atoms. The molecule has 0 aromatic carbocycles. The van der Waals surface area contributed by atoms with E-state index in [0.29, 0.717) is 18.4 Å². The summed E-state index contributed by atoms with van der Waals surface area (Å²) in [5.74, 6) is 3.52. The molecular weight excluding hydrogens is 508 g/mol. The summed E-state index contributed by atoms with van der Waals surface area (Å²) >= 11 is 4.08. The molecule has 38 heavy (non-hydrogen) atoms. The van der Waals surface area contributed by atoms with Gasteiger partial charge in [-0.25, -0.2) is 4.79 Å². The van der Waals surface area contributed by atoms with Crippen LogP contribution < -0.4 is 10.2 Å². The van der Waals surface area contributed by atoms with Crippen LogP contribution in [0.25, 0.3) is 0 Å². The van der Waals surface area contributed by atoms with Gasteiger partial charge in [0, 0.05) is 11.0 Å². The molecule has 0 rings (SSSR count). The number of carbonyl (C=O) groups is 1. The number of alkyl carbamates (subject to hydrolysis) is 1. The van der Waals surface area contributed by atoms with Crippen molar-refractivity contribution in [3.8, 4) is 0 Å². The largest absolute Gasteiger partial charge is 0.448 e. The van der Waals surface area contributed by atoms with E-state index < -0.39 is 0 Å². The van der Waals surface area contributed by atoms with Crippen molar-refractivity contribution >= 4 is 29.6 Å². The maximum atomic E-state index is 12.1. The van der Waals surface area contributed by atoms with Gasteiger partial charge in [0.1, 0.15) is 6.61 Å². The van der Waals surface area contributed by atoms with E-state index in [-0.39, 0.29) is 6.09 Å². The first-order valence-electron chi connectivity index (χ1n) is 16.5. The fraction of sp³-hybridized carbons (Fsp3) is 0.969. The van der Waals surface area contributed by atoms with Crippen molar-refractivity contribution in [1.29, 1.82) is 0 Å². The number of carbonyl (C=O) groups excluding carboxylic acids is 1. The van der Waals surface area contributed by atoms with Gasteiger partial charge in [-0.2, -0.15) is 23.5 Å². The van der Waals surface area contributed by atoms with E-state index in [0.717, 1.165) is 12.3 Å². The molecular formula is C32H67N2O2S2+. The van der Waals surface area contributed by atoms with Gasteiger partial charge in [0.05, 0.1) is 27.2 Å². The lowest BCUT2D eigenvalue weighted by atomic mass is 10.1. The first-order valence-corrected chi connectivity index (χ1v) is 18.7. The van der Waals surface area contributed by atoms with E-state index in [1.165, 1.54) is 145 Å². The second-order valence-corrected chi connectivity index (χ2v) is 14.0. The molecule has 0 radical (unpaired) electrons. The Bertz CT molecular complexity index is 480. The standard InChI is InChI=1S/C32H66N2O2S2/c1-5-7-9-11-13-15-17-19-21-23-27-37-30-31(29-36-32(35)33-25-26-34(3)4)38-28-24-22-20-18-16-14-12-10-8-6-2/h31H,5-30H2,1-4H3,(H,33,35)/p+1. The number of hydrogen-bond donors (Lipinski definition) is 2. The highest BCUT2D eigenvalue weighted by molar-refractivity contribution is 8.03. The summed E-state index contributed by atoms with van der Waals surface area (Å²) in [6, 6.07) is 0. The number of nitrogens with one attached hydrogen (secondary N) is 2. The third kappa shape index (κ3) is 30.5. The zero-order valence-electron chi connectivity index (χ0n) is 26.1. The molecule has 0 aliphatic heterocycles. The average Bonchev–Trinajstić information content (AvgIpc) is 2.90. The van der Waals surface area contributed by atoms with E-state index >= 15 is 0 Å². The zero-order chi connectivity index (χ0) is 27.9. The fourth-order valence-electron chi connectivity index (χ4n) is 4.52. The SMILES string of the molecule is CCCCCCCCCCCCSCC(COC(=O)NCC[NH+](C)C)SCCCCCCCCCCCC. The van der Waals surface area contributed by atoms with Gasteiger partial charge >= 0.3 is 6.09 Å². The minimum Gasteiger partial charge on any atom is -0.448 e. The Morgan fingerprint density at radius 2 is 1.13 bits per heavy atom. The van der Waals surface area contributed by atoms with Crippen LogP contribution in [0.5, 0.6) is 0 Å². The summed E-state index contributed by atoms with van der Waals surface area (Å²) < 4.78 is 5.60. The zero-order valence-corrected chi connectivity index (χ0v) is 27.7. The number of amides is 1. The Kier molecular flexibility index (Phi) is 31.4. The van der Waals surface area contributed by atoms with Gasteiger partial charge in [-0.15, -0.1) is 0 Å². The van der Waals surface area contributed by atoms with Crippen molar-refractivity contribution in [3.63, 3.8) is 0 Å². The lowest BCUT2D eigenvalue weighted by Crippen LogP contribution is -3.06. The van der Waals surface area contributed by atoms with Crippen LogP contribution in [0.4, 0.5) is 4.79 Å². The van der Waals surface area contributed by atoms with Crippen LogP contribution in [0.3, 0.4) is 0 Å². The molecule has 0 heterocycles. The lowest BCUT2D eigenvalue weighted by Gasteiger charge is -2.17. The van der Waals surface area contributed by atoms with Crippen molar-refractivity contribution < 1.29 is 14.4 Å². The highest BCUT2D eigenvalue weighted by Gasteiger charge is 2.13. The maximum Gasteiger partial charge on any atom is 0.407 e. The van der Waals surface area contributed by atoms with E-state index in [1.807, 2.05) is 11.8 Å². The van der Waals surface area contributed by atoms with Gasteiger partial charge in [0.2, 0.25) is 0 Å². The normalized spacial score (nSPS) is 12.2. The quantitative estimate of drug-likeness (QED) is 0.0842. The van der Waals surface area contributed by atoms with Crippen molar-refractivity contribution in [1.82, 2.24) is 5.32 Å². The lowest BCUT2D eigenvalue weighted by molar-refractivity contribution is -0.856. The molecule has 0 aromatic rings. The Morgan fingerprint density at radius 3 is 1.61 bits per heavy atom. The molecule has 2 N–H and O–H groups in total. The summed E-state index contributed by atoms with van der Waals surface area (Å²) in [6.45, 7) is 6.70. The Labute approximate surface area is 247 Å². The van der Waals surface area contributed by atoms with E-state index in [9.17, 15) is 4.79 Å². The number of ether oxygens (including phenoxy) is 1. The molecule has 0 aliphatic rings. The van der Waals surface area contributed by atoms with Gasteiger partial charge in [-0.05, 0) is 24.3 Å². The number of quaternary nitrogens is 1. The van der Waals surface area contributed by atoms with Crippen molar-refractivity contribution in [2.45, 2.75) is 148 Å². The van der Waals surface area contributed by atoms with Crippen molar-refractivity contribution in [2.24, 2.45) is 0 Å². The predicted molar refractivity (Wildman–Crippen MR) is 174 cm³/mol. The van der Waals surface area contributed by atoms with Gasteiger partial charge in [-0.3, -0.25) is 0 Å². The summed E-state index contributed by atoms with van der Waals surface area (Å²) in [7, 11) is 4.19. The highest BCUT2D eigenvalue weighted by Crippen LogP contribution is 2.21. The first kappa shape index (κ1) is 37.9. The molecule has 0 aliphatic carbocycles. The van der Waals surface area contributed by atoms with Gasteiger partial charge in [0.15, 0.2) is 0 Å². The molecule has 1 atom stereocenters. The van der Waals surface area contributed by atoms with Crippen LogP contribution in [-0.2, 0) is 4.74 Å². The maximum absolute atomic E-state index is 12.1. The van der Waals surface area contributed by atoms with Crippen LogP contribution in [0.2, 0.25) is 0 Å². The highest BCUT2D eigenvalue weighted by atomic mass is 32.2. The molecule has 6 heteroatoms. The van der Waals surface area contributed by atoms with Gasteiger partial charge in [0.25, 0.3) is 0 Å². The summed E-state index contributed by atoms with van der Waals surface area (Å²) in [4.78, 5) is 13.4. The van der Waals surface area contributed by atoms with Crippen LogP contribution in [0.1, 0.15) is 142 Å². The molecule has 228 valence electrons. The van der Waals surface area contributed by atoms with Crippen molar-refractivity contribution in [3.05, 3.63) is 0 Å². The first-order chi connectivity index (χ1) is 18.6. The molecule has 0 aromatic heterocycles. The second-order valence-electron chi connectivity index (χ2n) is 11.4. The van der Waals surface area contributed by atoms with Gasteiger partial charge < -0.3 is 15.0 Å². The third-order valence-electron chi connectivity index (χ3n) is 7.09. The number of thioether (sulfide) groups is 2. The molecule has 4 nitrogen and oxygen atoms in total. The topological polar surface area (TPSA) is 42.8 Å². The number of hydrogen-bond acceptors (Lipinski definition) is 4. The average molecular weight is 576 g/mol. The summed E-state index contributed by atoms with van der Waals surface area (Å²) in [5, 5.41) is 3.31. The smallest absolute Gasteiger partial charge is 0.407 e. The van der Waals surface area contributed by atoms with E-state index in [1.54, 1.807) is 0 Å². The third-order valence-corrected chi connectivity index (χ3v) is 9.82. The number of likely N-dealkylation sites (N-methyl/N-ethyl adjacent to an activating group) is 1. The van der Waals surface area contributed by atoms with Crippen LogP contribution in [0.15, 0.2) is 0 Å². The minimum absolute atomic E-state index is 0.254. The number of unbranched alkanes of at least 4 members (excludes halogenated alkanes) is 18. The Hall–Kier alpha value is -0.0700. The molecule has 0 saturated carbocycles. The summed E-state index contributed by atoms with van der Waals surface area (Å²) in [6.07, 6.45) is 27.5. The summed E-state index contributed by atoms with van der Waals surface area (Å²) in [5.41, 5.74) is 0. The van der Waals surface area contributed by atoms with Crippen molar-refractivity contribution in [2.75, 3.05) is 51.1 Å². The second kappa shape index (κ2) is 31.5. The van der Waals surface area contributed by atoms with Crippen LogP contribution >= 0.6 is 23.5 Å². The van der Waals surface area contributed by atoms with Crippen LogP contribution in [0, 0.1) is 0 Å². The van der Waals surface area contributed by atoms with Gasteiger partial charge in [-0.1, -0.05) is 129 Å². The fourth-order valence-corrected chi connectivity index (χ4v) is 7.00. The van der Waals surface area contributed by atoms with E-state index in [4.69, 9.17) is 4.74 Å². The molecule has 0 fully saturated rings. The molecule has 0 spiro atoms. The molecule has 0 saturated heterocycles. The Balaban J connectivity index is 3.97. The van der Waals surface area contributed by atoms with E-state index in [2.05, 4.69) is 45.0 Å². The number of rotatable bonds is 30. The minimum atomic E-state index is -0.254. The predicted octanol–water partition coefficient (Wildman–Crippen LogP) is 8.53. The molecule has 1 amide bonds. The Morgan fingerprint density at radius 1 is 0.684 bits per heavy atom. The monoisotopic (exact) mass is 575 g/mol.